The third-order valence-corrected chi connectivity index (χ3v) is 6.91. The molecule has 4 heteroatoms. The molecule has 0 atom stereocenters. The van der Waals surface area contributed by atoms with Crippen molar-refractivity contribution in [2.45, 2.75) is 103 Å². The minimum Gasteiger partial charge on any atom is -1.00 e. The molecule has 1 aliphatic heterocycles. The molecular weight excluding hydrogens is 509 g/mol. The molecule has 0 aliphatic carbocycles. The molecule has 1 aromatic carbocycles. The highest BCUT2D eigenvalue weighted by molar-refractivity contribution is 6.83. The fraction of sp³-hybridized carbons (Fsp3) is 0.667. The molecule has 2 rings (SSSR count). The molecule has 0 saturated heterocycles. The van der Waals surface area contributed by atoms with Crippen LogP contribution in [0.25, 0.3) is 0 Å². The normalized spacial score (nSPS) is 15.2. The summed E-state index contributed by atoms with van der Waals surface area (Å²) >= 11 is 0. The number of benzene rings is 1. The van der Waals surface area contributed by atoms with Crippen LogP contribution in [0.1, 0.15) is 82.8 Å². The largest absolute Gasteiger partial charge is 1.00 e. The topological polar surface area (TPSA) is 12.2 Å². The van der Waals surface area contributed by atoms with Crippen LogP contribution in [0.15, 0.2) is 24.3 Å². The van der Waals surface area contributed by atoms with Gasteiger partial charge in [0.1, 0.15) is 15.1 Å². The summed E-state index contributed by atoms with van der Waals surface area (Å²) in [6.07, 6.45) is 12.9. The number of nitrogens with zero attached hydrogens (tertiary/aromatic N) is 1. The van der Waals surface area contributed by atoms with Crippen LogP contribution >= 0.6 is 0 Å². The Morgan fingerprint density at radius 2 is 1.52 bits per heavy atom. The summed E-state index contributed by atoms with van der Waals surface area (Å²) in [5.41, 5.74) is 6.25. The molecule has 1 heterocycles. The van der Waals surface area contributed by atoms with Crippen molar-refractivity contribution in [2.24, 2.45) is 0 Å². The molecule has 0 unspecified atom stereocenters. The van der Waals surface area contributed by atoms with E-state index in [0.717, 1.165) is 25.3 Å². The smallest absolute Gasteiger partial charge is 0.370 e. The van der Waals surface area contributed by atoms with Gasteiger partial charge in [-0.3, -0.25) is 0 Å². The van der Waals surface area contributed by atoms with Crippen LogP contribution in [0.4, 0.5) is 0 Å². The van der Waals surface area contributed by atoms with Crippen molar-refractivity contribution >= 4 is 14.0 Å². The molecule has 0 saturated carbocycles. The number of halogens is 1. The first kappa shape index (κ1) is 28.2. The Labute approximate surface area is 210 Å². The quantitative estimate of drug-likeness (QED) is 0.134. The lowest BCUT2D eigenvalue weighted by Crippen LogP contribution is -3.00. The number of likely N-dealkylation sites (N-methyl/N-ethyl adjacent to an activating group) is 1. The molecule has 0 bridgehead atoms. The van der Waals surface area contributed by atoms with E-state index in [1.54, 1.807) is 0 Å². The third-order valence-electron chi connectivity index (χ3n) is 5.98. The molecular formula is C27H44INOSi. The van der Waals surface area contributed by atoms with Crippen molar-refractivity contribution in [2.75, 3.05) is 13.7 Å². The molecule has 2 nitrogen and oxygen atoms in total. The molecule has 1 aliphatic rings. The number of hydrogen-bond donors (Lipinski definition) is 0. The predicted octanol–water partition coefficient (Wildman–Crippen LogP) is 3.82. The predicted molar refractivity (Wildman–Crippen MR) is 133 cm³/mol. The first-order valence-corrected chi connectivity index (χ1v) is 15.5. The number of unbranched alkanes of at least 4 members (excludes halogenated alkanes) is 8. The second-order valence-corrected chi connectivity index (χ2v) is 15.3. The van der Waals surface area contributed by atoms with Crippen LogP contribution in [0.5, 0.6) is 0 Å². The summed E-state index contributed by atoms with van der Waals surface area (Å²) in [5.74, 6) is 4.44. The van der Waals surface area contributed by atoms with Crippen molar-refractivity contribution in [3.05, 3.63) is 35.4 Å². The minimum atomic E-state index is -1.17. The monoisotopic (exact) mass is 553 g/mol. The fourth-order valence-corrected chi connectivity index (χ4v) is 4.49. The maximum absolute atomic E-state index is 6.07. The van der Waals surface area contributed by atoms with Crippen LogP contribution in [0.2, 0.25) is 19.6 Å². The summed E-state index contributed by atoms with van der Waals surface area (Å²) in [7, 11) is 0.982. The van der Waals surface area contributed by atoms with Gasteiger partial charge in [0.25, 0.3) is 0 Å². The third kappa shape index (κ3) is 10.1. The molecule has 1 aromatic rings. The van der Waals surface area contributed by atoms with Crippen LogP contribution in [-0.2, 0) is 11.2 Å². The van der Waals surface area contributed by atoms with Crippen molar-refractivity contribution < 1.29 is 33.3 Å². The SMILES string of the molecule is C[N+]1=C(c2ccccc2CCCCCCCCCCC#C[Si](C)(C)C)OCC1(C)C.[I-]. The van der Waals surface area contributed by atoms with Crippen LogP contribution in [0, 0.1) is 11.5 Å². The Hall–Kier alpha value is -0.803. The van der Waals surface area contributed by atoms with E-state index in [-0.39, 0.29) is 29.5 Å². The first-order valence-electron chi connectivity index (χ1n) is 12.0. The van der Waals surface area contributed by atoms with Gasteiger partial charge < -0.3 is 28.7 Å². The minimum absolute atomic E-state index is 0. The standard InChI is InChI=1S/C27H44NOSi.HI/c1-27(2)23-29-26(28(27)3)25-21-17-16-20-24(25)19-15-13-11-9-7-8-10-12-14-18-22-30(4,5)6;/h16-17,20-21H,7-15,19,23H2,1-6H3;1H/q+1;/p-1. The van der Waals surface area contributed by atoms with Gasteiger partial charge in [0.05, 0.1) is 5.56 Å². The molecule has 0 N–H and O–H groups in total. The Bertz CT molecular complexity index is 767. The maximum Gasteiger partial charge on any atom is 0.370 e. The van der Waals surface area contributed by atoms with Gasteiger partial charge in [-0.15, -0.1) is 11.5 Å². The van der Waals surface area contributed by atoms with E-state index in [1.807, 2.05) is 0 Å². The lowest BCUT2D eigenvalue weighted by molar-refractivity contribution is -0.562. The Morgan fingerprint density at radius 1 is 0.935 bits per heavy atom. The summed E-state index contributed by atoms with van der Waals surface area (Å²) in [5, 5.41) is 0. The van der Waals surface area contributed by atoms with E-state index < -0.39 is 8.07 Å². The highest BCUT2D eigenvalue weighted by Gasteiger charge is 2.40. The molecule has 0 fully saturated rings. The summed E-state index contributed by atoms with van der Waals surface area (Å²) < 4.78 is 8.36. The van der Waals surface area contributed by atoms with E-state index in [1.165, 1.54) is 62.5 Å². The van der Waals surface area contributed by atoms with Crippen molar-refractivity contribution in [3.63, 3.8) is 0 Å². The zero-order valence-electron chi connectivity index (χ0n) is 20.8. The number of ether oxygens (including phenoxy) is 1. The van der Waals surface area contributed by atoms with E-state index >= 15 is 0 Å². The van der Waals surface area contributed by atoms with E-state index in [9.17, 15) is 0 Å². The molecule has 31 heavy (non-hydrogen) atoms. The lowest BCUT2D eigenvalue weighted by Gasteiger charge is -2.10. The summed E-state index contributed by atoms with van der Waals surface area (Å²) in [4.78, 5) is 0. The maximum atomic E-state index is 6.07. The molecule has 0 aromatic heterocycles. The molecule has 174 valence electrons. The van der Waals surface area contributed by atoms with Crippen LogP contribution < -0.4 is 24.0 Å². The van der Waals surface area contributed by atoms with Crippen LogP contribution in [-0.4, -0.2) is 37.7 Å². The van der Waals surface area contributed by atoms with Gasteiger partial charge in [-0.1, -0.05) is 76.4 Å². The zero-order valence-corrected chi connectivity index (χ0v) is 24.0. The van der Waals surface area contributed by atoms with Crippen LogP contribution in [0.3, 0.4) is 0 Å². The Morgan fingerprint density at radius 3 is 2.10 bits per heavy atom. The van der Waals surface area contributed by atoms with Crippen molar-refractivity contribution in [1.29, 1.82) is 0 Å². The van der Waals surface area contributed by atoms with Gasteiger partial charge in [-0.25, -0.2) is 0 Å². The van der Waals surface area contributed by atoms with E-state index in [2.05, 4.69) is 80.8 Å². The zero-order chi connectivity index (χ0) is 22.0. The average Bonchev–Trinajstić information content (AvgIpc) is 2.95. The molecule has 0 spiro atoms. The fourth-order valence-electron chi connectivity index (χ4n) is 3.84. The first-order chi connectivity index (χ1) is 14.2. The Kier molecular flexibility index (Phi) is 12.5. The van der Waals surface area contributed by atoms with Crippen molar-refractivity contribution in [1.82, 2.24) is 0 Å². The van der Waals surface area contributed by atoms with Crippen molar-refractivity contribution in [3.8, 4) is 11.5 Å². The van der Waals surface area contributed by atoms with Gasteiger partial charge >= 0.3 is 5.90 Å². The second kappa shape index (κ2) is 13.7. The number of rotatable bonds is 11. The van der Waals surface area contributed by atoms with Gasteiger partial charge in [0, 0.05) is 20.3 Å². The summed E-state index contributed by atoms with van der Waals surface area (Å²) in [6.45, 7) is 12.2. The molecule has 0 amide bonds. The second-order valence-electron chi connectivity index (χ2n) is 10.5. The van der Waals surface area contributed by atoms with Gasteiger partial charge in [-0.05, 0) is 30.9 Å². The van der Waals surface area contributed by atoms with Gasteiger partial charge in [0.2, 0.25) is 0 Å². The van der Waals surface area contributed by atoms with E-state index in [4.69, 9.17) is 4.74 Å². The van der Waals surface area contributed by atoms with Gasteiger partial charge in [0.15, 0.2) is 12.1 Å². The average molecular weight is 554 g/mol. The Balaban J connectivity index is 0.00000480. The highest BCUT2D eigenvalue weighted by atomic mass is 127. The summed E-state index contributed by atoms with van der Waals surface area (Å²) in [6, 6.07) is 8.78. The lowest BCUT2D eigenvalue weighted by atomic mass is 9.99. The molecule has 0 radical (unpaired) electrons. The van der Waals surface area contributed by atoms with Gasteiger partial charge in [-0.2, -0.15) is 4.58 Å². The number of aryl methyl sites for hydroxylation is 1. The van der Waals surface area contributed by atoms with E-state index in [0.29, 0.717) is 0 Å². The number of hydrogen-bond acceptors (Lipinski definition) is 1. The highest BCUT2D eigenvalue weighted by Crippen LogP contribution is 2.22.